The molecule has 0 atom stereocenters. The minimum absolute atomic E-state index is 0.332. The van der Waals surface area contributed by atoms with Gasteiger partial charge in [0.2, 0.25) is 0 Å². The van der Waals surface area contributed by atoms with Gasteiger partial charge in [-0.1, -0.05) is 43.4 Å². The van der Waals surface area contributed by atoms with Crippen LogP contribution in [-0.2, 0) is 6.42 Å². The minimum Gasteiger partial charge on any atom is -0.206 e. The molecule has 0 unspecified atom stereocenters. The second-order valence-electron chi connectivity index (χ2n) is 6.74. The Morgan fingerprint density at radius 3 is 2.13 bits per heavy atom. The van der Waals surface area contributed by atoms with Crippen molar-refractivity contribution in [1.29, 1.82) is 0 Å². The molecule has 150 valence electrons. The molecular weight excluding hydrogens is 403 g/mol. The zero-order valence-corrected chi connectivity index (χ0v) is 17.1. The molecule has 0 aliphatic heterocycles. The first kappa shape index (κ1) is 21.5. The summed E-state index contributed by atoms with van der Waals surface area (Å²) in [5, 5.41) is 1.96. The SMILES string of the molecule is CCCCc1ccc(C#Cc2ccc(-c3cc(F)c(N=C=S)c(F)c3)cc2)c(F)c1. The molecule has 0 saturated carbocycles. The maximum atomic E-state index is 14.2. The van der Waals surface area contributed by atoms with Gasteiger partial charge in [0, 0.05) is 5.56 Å². The van der Waals surface area contributed by atoms with Gasteiger partial charge in [0.1, 0.15) is 11.5 Å². The van der Waals surface area contributed by atoms with Gasteiger partial charge in [0.15, 0.2) is 11.6 Å². The highest BCUT2D eigenvalue weighted by Crippen LogP contribution is 2.29. The van der Waals surface area contributed by atoms with E-state index in [1.165, 1.54) is 18.2 Å². The third kappa shape index (κ3) is 5.24. The lowest BCUT2D eigenvalue weighted by molar-refractivity contribution is 0.588. The van der Waals surface area contributed by atoms with Gasteiger partial charge in [0.05, 0.1) is 10.7 Å². The number of benzene rings is 3. The fourth-order valence-electron chi connectivity index (χ4n) is 2.97. The van der Waals surface area contributed by atoms with Crippen molar-refractivity contribution in [3.8, 4) is 23.0 Å². The van der Waals surface area contributed by atoms with Crippen LogP contribution in [0.25, 0.3) is 11.1 Å². The Hall–Kier alpha value is -3.19. The van der Waals surface area contributed by atoms with Crippen LogP contribution in [0.1, 0.15) is 36.5 Å². The van der Waals surface area contributed by atoms with Crippen molar-refractivity contribution >= 4 is 23.1 Å². The van der Waals surface area contributed by atoms with E-state index in [0.29, 0.717) is 22.3 Å². The molecular formula is C25H18F3NS. The van der Waals surface area contributed by atoms with Crippen LogP contribution in [0.3, 0.4) is 0 Å². The molecule has 3 aromatic rings. The summed E-state index contributed by atoms with van der Waals surface area (Å²) in [5.74, 6) is 3.79. The van der Waals surface area contributed by atoms with Gasteiger partial charge in [-0.25, -0.2) is 13.2 Å². The smallest absolute Gasteiger partial charge is 0.153 e. The average molecular weight is 421 g/mol. The molecule has 3 rings (SSSR count). The van der Waals surface area contributed by atoms with Crippen LogP contribution in [0.15, 0.2) is 59.6 Å². The van der Waals surface area contributed by atoms with Crippen LogP contribution >= 0.6 is 12.2 Å². The van der Waals surface area contributed by atoms with E-state index in [0.717, 1.165) is 24.8 Å². The van der Waals surface area contributed by atoms with Gasteiger partial charge in [-0.15, -0.1) is 0 Å². The number of aliphatic imine (C=N–C) groups is 1. The Morgan fingerprint density at radius 1 is 0.833 bits per heavy atom. The first-order chi connectivity index (χ1) is 14.5. The lowest BCUT2D eigenvalue weighted by Crippen LogP contribution is -1.90. The predicted molar refractivity (Wildman–Crippen MR) is 117 cm³/mol. The van der Waals surface area contributed by atoms with Crippen molar-refractivity contribution in [2.45, 2.75) is 26.2 Å². The lowest BCUT2D eigenvalue weighted by atomic mass is 10.0. The molecule has 0 bridgehead atoms. The predicted octanol–water partition coefficient (Wildman–Crippen LogP) is 7.25. The highest BCUT2D eigenvalue weighted by Gasteiger charge is 2.11. The van der Waals surface area contributed by atoms with Gasteiger partial charge in [-0.3, -0.25) is 0 Å². The molecule has 0 aliphatic rings. The minimum atomic E-state index is -0.816. The van der Waals surface area contributed by atoms with E-state index in [9.17, 15) is 13.2 Å². The van der Waals surface area contributed by atoms with Crippen LogP contribution in [0.2, 0.25) is 0 Å². The third-order valence-corrected chi connectivity index (χ3v) is 4.68. The van der Waals surface area contributed by atoms with Gasteiger partial charge in [-0.2, -0.15) is 4.99 Å². The number of thiocarbonyl (C=S) groups is 1. The highest BCUT2D eigenvalue weighted by atomic mass is 32.1. The van der Waals surface area contributed by atoms with Crippen LogP contribution in [0, 0.1) is 29.3 Å². The second-order valence-corrected chi connectivity index (χ2v) is 6.92. The van der Waals surface area contributed by atoms with Crippen molar-refractivity contribution < 1.29 is 13.2 Å². The van der Waals surface area contributed by atoms with E-state index in [4.69, 9.17) is 0 Å². The first-order valence-corrected chi connectivity index (χ1v) is 9.90. The maximum Gasteiger partial charge on any atom is 0.153 e. The Bertz CT molecular complexity index is 1140. The van der Waals surface area contributed by atoms with Crippen LogP contribution in [0.4, 0.5) is 18.9 Å². The molecule has 0 amide bonds. The van der Waals surface area contributed by atoms with Crippen molar-refractivity contribution in [2.75, 3.05) is 0 Å². The van der Waals surface area contributed by atoms with E-state index in [-0.39, 0.29) is 5.82 Å². The third-order valence-electron chi connectivity index (χ3n) is 4.59. The van der Waals surface area contributed by atoms with Crippen molar-refractivity contribution in [2.24, 2.45) is 4.99 Å². The maximum absolute atomic E-state index is 14.2. The quantitative estimate of drug-likeness (QED) is 0.240. The Labute approximate surface area is 179 Å². The first-order valence-electron chi connectivity index (χ1n) is 9.49. The topological polar surface area (TPSA) is 12.4 Å². The number of rotatable bonds is 5. The summed E-state index contributed by atoms with van der Waals surface area (Å²) in [6.45, 7) is 2.10. The molecule has 0 N–H and O–H groups in total. The highest BCUT2D eigenvalue weighted by molar-refractivity contribution is 7.78. The molecule has 0 saturated heterocycles. The molecule has 5 heteroatoms. The monoisotopic (exact) mass is 421 g/mol. The van der Waals surface area contributed by atoms with Crippen LogP contribution < -0.4 is 0 Å². The van der Waals surface area contributed by atoms with Crippen molar-refractivity contribution in [1.82, 2.24) is 0 Å². The summed E-state index contributed by atoms with van der Waals surface area (Å²) in [6.07, 6.45) is 2.93. The molecule has 0 radical (unpaired) electrons. The standard InChI is InChI=1S/C25H18F3NS/c1-2-3-4-18-8-12-20(22(26)13-18)11-7-17-5-9-19(10-6-17)21-14-23(27)25(29-16-30)24(28)15-21/h5-6,8-10,12-15H,2-4H2,1H3. The van der Waals surface area contributed by atoms with Crippen molar-refractivity contribution in [3.05, 3.63) is 88.7 Å². The largest absolute Gasteiger partial charge is 0.206 e. The van der Waals surface area contributed by atoms with E-state index in [1.807, 2.05) is 11.2 Å². The summed E-state index contributed by atoms with van der Waals surface area (Å²) in [4.78, 5) is 3.40. The molecule has 1 nitrogen and oxygen atoms in total. The van der Waals surface area contributed by atoms with E-state index in [2.05, 4.69) is 36.0 Å². The summed E-state index contributed by atoms with van der Waals surface area (Å²) in [5.41, 5.74) is 2.48. The van der Waals surface area contributed by atoms with E-state index in [1.54, 1.807) is 30.3 Å². The molecule has 0 spiro atoms. The van der Waals surface area contributed by atoms with E-state index < -0.39 is 17.3 Å². The number of halogens is 3. The van der Waals surface area contributed by atoms with E-state index >= 15 is 0 Å². The number of isothiocyanates is 1. The average Bonchev–Trinajstić information content (AvgIpc) is 2.74. The summed E-state index contributed by atoms with van der Waals surface area (Å²) >= 11 is 4.40. The fraction of sp³-hybridized carbons (Fsp3) is 0.160. The molecule has 0 heterocycles. The normalized spacial score (nSPS) is 10.1. The van der Waals surface area contributed by atoms with Gasteiger partial charge in [-0.05, 0) is 78.1 Å². The van der Waals surface area contributed by atoms with Gasteiger partial charge >= 0.3 is 0 Å². The second kappa shape index (κ2) is 10.0. The van der Waals surface area contributed by atoms with Gasteiger partial charge in [0.25, 0.3) is 0 Å². The molecule has 0 fully saturated rings. The Balaban J connectivity index is 1.80. The lowest BCUT2D eigenvalue weighted by Gasteiger charge is -2.05. The fourth-order valence-corrected chi connectivity index (χ4v) is 3.06. The number of unbranched alkanes of at least 4 members (excludes halogenated alkanes) is 1. The molecule has 30 heavy (non-hydrogen) atoms. The number of nitrogens with zero attached hydrogens (tertiary/aromatic N) is 1. The summed E-state index contributed by atoms with van der Waals surface area (Å²) < 4.78 is 42.3. The number of hydrogen-bond donors (Lipinski definition) is 0. The zero-order valence-electron chi connectivity index (χ0n) is 16.3. The van der Waals surface area contributed by atoms with Crippen molar-refractivity contribution in [3.63, 3.8) is 0 Å². The molecule has 0 aromatic heterocycles. The Kier molecular flexibility index (Phi) is 7.19. The summed E-state index contributed by atoms with van der Waals surface area (Å²) in [6, 6.07) is 14.3. The van der Waals surface area contributed by atoms with Crippen LogP contribution in [-0.4, -0.2) is 5.16 Å². The molecule has 3 aromatic carbocycles. The summed E-state index contributed by atoms with van der Waals surface area (Å²) in [7, 11) is 0. The number of hydrogen-bond acceptors (Lipinski definition) is 2. The van der Waals surface area contributed by atoms with Crippen LogP contribution in [0.5, 0.6) is 0 Å². The van der Waals surface area contributed by atoms with Gasteiger partial charge < -0.3 is 0 Å². The zero-order chi connectivity index (χ0) is 21.5. The molecule has 0 aliphatic carbocycles. The number of aryl methyl sites for hydroxylation is 1. The Morgan fingerprint density at radius 2 is 1.53 bits per heavy atom.